The third-order valence-electron chi connectivity index (χ3n) is 7.05. The fraction of sp³-hybridized carbons (Fsp3) is 0.0278. The first kappa shape index (κ1) is 25.3. The number of fused-ring (bicyclic) bond motifs is 2. The molecule has 4 aromatic carbocycles. The minimum Gasteiger partial charge on any atom is -0.208 e. The predicted molar refractivity (Wildman–Crippen MR) is 177 cm³/mol. The minimum atomic E-state index is 0.659. The maximum atomic E-state index is 5.09. The Morgan fingerprint density at radius 3 is 2.22 bits per heavy atom. The maximum absolute atomic E-state index is 5.09. The van der Waals surface area contributed by atoms with Crippen molar-refractivity contribution in [3.63, 3.8) is 0 Å². The molecule has 0 bridgehead atoms. The maximum Gasteiger partial charge on any atom is 0.174 e. The van der Waals surface area contributed by atoms with Crippen LogP contribution < -0.4 is 0 Å². The predicted octanol–water partition coefficient (Wildman–Crippen LogP) is 10.6. The van der Waals surface area contributed by atoms with Gasteiger partial charge in [0.05, 0.1) is 4.88 Å². The SMILES string of the molecule is C=Cc1sc2c(-c3nc(-c4cccc(-c5ccccc5)c4)nc(-c4cc5ccccc5s4)n3)cccc2c1/C=C\C. The third kappa shape index (κ3) is 4.69. The summed E-state index contributed by atoms with van der Waals surface area (Å²) in [5.74, 6) is 2.01. The number of nitrogens with zero attached hydrogens (tertiary/aromatic N) is 3. The van der Waals surface area contributed by atoms with E-state index in [4.69, 9.17) is 15.0 Å². The van der Waals surface area contributed by atoms with E-state index < -0.39 is 0 Å². The molecular formula is C36H25N3S2. The van der Waals surface area contributed by atoms with Gasteiger partial charge in [0.1, 0.15) is 0 Å². The van der Waals surface area contributed by atoms with Crippen LogP contribution in [0.5, 0.6) is 0 Å². The number of aromatic nitrogens is 3. The van der Waals surface area contributed by atoms with Crippen molar-refractivity contribution >= 4 is 55.0 Å². The zero-order valence-corrected chi connectivity index (χ0v) is 24.0. The van der Waals surface area contributed by atoms with Gasteiger partial charge in [0.15, 0.2) is 17.5 Å². The van der Waals surface area contributed by atoms with E-state index in [0.717, 1.165) is 36.7 Å². The normalized spacial score (nSPS) is 11.5. The van der Waals surface area contributed by atoms with E-state index in [0.29, 0.717) is 17.5 Å². The summed E-state index contributed by atoms with van der Waals surface area (Å²) in [6.45, 7) is 6.11. The molecule has 7 aromatic rings. The number of thiophene rings is 2. The topological polar surface area (TPSA) is 38.7 Å². The second kappa shape index (κ2) is 10.7. The molecule has 41 heavy (non-hydrogen) atoms. The molecule has 0 aliphatic carbocycles. The Balaban J connectivity index is 1.46. The molecule has 3 nitrogen and oxygen atoms in total. The number of hydrogen-bond acceptors (Lipinski definition) is 5. The summed E-state index contributed by atoms with van der Waals surface area (Å²) >= 11 is 3.43. The van der Waals surface area contributed by atoms with Crippen molar-refractivity contribution in [3.05, 3.63) is 126 Å². The average molecular weight is 564 g/mol. The second-order valence-corrected chi connectivity index (χ2v) is 11.8. The van der Waals surface area contributed by atoms with Crippen LogP contribution in [0.3, 0.4) is 0 Å². The van der Waals surface area contributed by atoms with Gasteiger partial charge < -0.3 is 0 Å². The second-order valence-electron chi connectivity index (χ2n) is 9.67. The van der Waals surface area contributed by atoms with Gasteiger partial charge in [0.25, 0.3) is 0 Å². The van der Waals surface area contributed by atoms with Gasteiger partial charge in [-0.1, -0.05) is 104 Å². The summed E-state index contributed by atoms with van der Waals surface area (Å²) in [5.41, 5.74) is 5.42. The van der Waals surface area contributed by atoms with Crippen LogP contribution in [0.25, 0.3) is 76.9 Å². The molecule has 0 radical (unpaired) electrons. The van der Waals surface area contributed by atoms with Gasteiger partial charge in [0, 0.05) is 30.8 Å². The van der Waals surface area contributed by atoms with Gasteiger partial charge in [-0.05, 0) is 53.3 Å². The summed E-state index contributed by atoms with van der Waals surface area (Å²) in [4.78, 5) is 17.4. The van der Waals surface area contributed by atoms with Gasteiger partial charge in [-0.15, -0.1) is 22.7 Å². The highest BCUT2D eigenvalue weighted by molar-refractivity contribution is 7.22. The van der Waals surface area contributed by atoms with Crippen LogP contribution in [0.1, 0.15) is 17.4 Å². The van der Waals surface area contributed by atoms with Crippen LogP contribution >= 0.6 is 22.7 Å². The Hall–Kier alpha value is -4.71. The fourth-order valence-electron chi connectivity index (χ4n) is 5.12. The Kier molecular flexibility index (Phi) is 6.59. The molecule has 0 saturated carbocycles. The number of rotatable bonds is 6. The van der Waals surface area contributed by atoms with E-state index in [1.165, 1.54) is 21.0 Å². The van der Waals surface area contributed by atoms with Gasteiger partial charge >= 0.3 is 0 Å². The van der Waals surface area contributed by atoms with Crippen molar-refractivity contribution in [2.75, 3.05) is 0 Å². The van der Waals surface area contributed by atoms with Gasteiger partial charge in [0.2, 0.25) is 0 Å². The number of hydrogen-bond donors (Lipinski definition) is 0. The summed E-state index contributed by atoms with van der Waals surface area (Å²) in [5, 5.41) is 2.37. The Labute approximate surface area is 246 Å². The molecule has 0 unspecified atom stereocenters. The highest BCUT2D eigenvalue weighted by Crippen LogP contribution is 2.40. The molecule has 196 valence electrons. The van der Waals surface area contributed by atoms with E-state index in [9.17, 15) is 0 Å². The van der Waals surface area contributed by atoms with Crippen molar-refractivity contribution in [3.8, 4) is 44.6 Å². The first-order valence-corrected chi connectivity index (χ1v) is 15.1. The van der Waals surface area contributed by atoms with E-state index >= 15 is 0 Å². The first-order chi connectivity index (χ1) is 20.2. The van der Waals surface area contributed by atoms with Crippen LogP contribution in [0.4, 0.5) is 0 Å². The fourth-order valence-corrected chi connectivity index (χ4v) is 7.26. The quantitative estimate of drug-likeness (QED) is 0.202. The monoisotopic (exact) mass is 563 g/mol. The van der Waals surface area contributed by atoms with Crippen LogP contribution in [0, 0.1) is 0 Å². The molecule has 0 aliphatic rings. The van der Waals surface area contributed by atoms with Gasteiger partial charge in [-0.3, -0.25) is 0 Å². The molecule has 0 spiro atoms. The molecule has 3 heterocycles. The Bertz CT molecular complexity index is 2050. The molecule has 7 rings (SSSR count). The van der Waals surface area contributed by atoms with Crippen molar-refractivity contribution in [1.82, 2.24) is 15.0 Å². The standard InChI is InChI=1S/C36H25N3S2/c1-3-12-27-28-18-11-19-29(33(28)41-30(27)4-2)35-37-34(26-17-10-16-24(21-26)23-13-6-5-7-14-23)38-36(39-35)32-22-25-15-8-9-20-31(25)40-32/h3-22H,2H2,1H3/b12-3-. The highest BCUT2D eigenvalue weighted by Gasteiger charge is 2.18. The number of benzene rings is 4. The number of allylic oxidation sites excluding steroid dienone is 1. The average Bonchev–Trinajstić information content (AvgIpc) is 3.63. The minimum absolute atomic E-state index is 0.659. The molecule has 0 N–H and O–H groups in total. The van der Waals surface area contributed by atoms with Crippen LogP contribution in [0.2, 0.25) is 0 Å². The molecule has 0 amide bonds. The molecule has 0 aliphatic heterocycles. The molecule has 0 saturated heterocycles. The molecular weight excluding hydrogens is 539 g/mol. The van der Waals surface area contributed by atoms with Crippen LogP contribution in [-0.2, 0) is 0 Å². The first-order valence-electron chi connectivity index (χ1n) is 13.4. The zero-order chi connectivity index (χ0) is 27.8. The van der Waals surface area contributed by atoms with Crippen molar-refractivity contribution in [1.29, 1.82) is 0 Å². The van der Waals surface area contributed by atoms with E-state index in [1.54, 1.807) is 22.7 Å². The smallest absolute Gasteiger partial charge is 0.174 e. The van der Waals surface area contributed by atoms with Crippen LogP contribution in [0.15, 0.2) is 116 Å². The Morgan fingerprint density at radius 2 is 1.39 bits per heavy atom. The lowest BCUT2D eigenvalue weighted by atomic mass is 10.0. The molecule has 5 heteroatoms. The van der Waals surface area contributed by atoms with Gasteiger partial charge in [-0.25, -0.2) is 15.0 Å². The molecule has 3 aromatic heterocycles. The van der Waals surface area contributed by atoms with E-state index in [1.807, 2.05) is 19.1 Å². The Morgan fingerprint density at radius 1 is 0.659 bits per heavy atom. The van der Waals surface area contributed by atoms with E-state index in [2.05, 4.69) is 116 Å². The highest BCUT2D eigenvalue weighted by atomic mass is 32.1. The lowest BCUT2D eigenvalue weighted by Gasteiger charge is -2.09. The van der Waals surface area contributed by atoms with Crippen molar-refractivity contribution in [2.24, 2.45) is 0 Å². The van der Waals surface area contributed by atoms with Crippen molar-refractivity contribution in [2.45, 2.75) is 6.92 Å². The summed E-state index contributed by atoms with van der Waals surface area (Å²) in [6.07, 6.45) is 6.15. The molecule has 0 fully saturated rings. The molecule has 0 atom stereocenters. The lowest BCUT2D eigenvalue weighted by molar-refractivity contribution is 1.08. The van der Waals surface area contributed by atoms with Gasteiger partial charge in [-0.2, -0.15) is 0 Å². The summed E-state index contributed by atoms with van der Waals surface area (Å²) in [6, 6.07) is 35.8. The third-order valence-corrected chi connectivity index (χ3v) is 9.41. The van der Waals surface area contributed by atoms with E-state index in [-0.39, 0.29) is 0 Å². The van der Waals surface area contributed by atoms with Crippen LogP contribution in [-0.4, -0.2) is 15.0 Å². The summed E-state index contributed by atoms with van der Waals surface area (Å²) < 4.78 is 2.36. The summed E-state index contributed by atoms with van der Waals surface area (Å²) in [7, 11) is 0. The lowest BCUT2D eigenvalue weighted by Crippen LogP contribution is -1.99. The largest absolute Gasteiger partial charge is 0.208 e. The van der Waals surface area contributed by atoms with Crippen molar-refractivity contribution < 1.29 is 0 Å². The zero-order valence-electron chi connectivity index (χ0n) is 22.4.